The number of nitrogens with zero attached hydrogens (tertiary/aromatic N) is 4. The number of ether oxygens (including phenoxy) is 2. The van der Waals surface area contributed by atoms with Gasteiger partial charge in [-0.1, -0.05) is 6.07 Å². The Morgan fingerprint density at radius 3 is 2.53 bits per heavy atom. The highest BCUT2D eigenvalue weighted by Gasteiger charge is 2.17. The molecule has 0 N–H and O–H groups in total. The minimum Gasteiger partial charge on any atom is -0.609 e. The Hall–Kier alpha value is -3.63. The molecule has 164 valence electrons. The summed E-state index contributed by atoms with van der Waals surface area (Å²) in [6, 6.07) is 10.3. The lowest BCUT2D eigenvalue weighted by molar-refractivity contribution is 0.354. The summed E-state index contributed by atoms with van der Waals surface area (Å²) in [5.41, 5.74) is 2.25. The highest BCUT2D eigenvalue weighted by Crippen LogP contribution is 2.28. The fourth-order valence-electron chi connectivity index (χ4n) is 3.14. The first-order valence-electron chi connectivity index (χ1n) is 9.52. The number of hydrogen-bond donors (Lipinski definition) is 0. The van der Waals surface area contributed by atoms with E-state index < -0.39 is 11.2 Å². The van der Waals surface area contributed by atoms with Crippen molar-refractivity contribution in [2.24, 2.45) is 0 Å². The van der Waals surface area contributed by atoms with Gasteiger partial charge in [-0.2, -0.15) is 9.97 Å². The number of hydrogen-bond acceptors (Lipinski definition) is 8. The Kier molecular flexibility index (Phi) is 6.24. The molecule has 10 heteroatoms. The van der Waals surface area contributed by atoms with Crippen LogP contribution in [0.2, 0.25) is 0 Å². The van der Waals surface area contributed by atoms with E-state index >= 15 is 0 Å². The second kappa shape index (κ2) is 9.25. The molecule has 0 spiro atoms. The van der Waals surface area contributed by atoms with Gasteiger partial charge in [0.15, 0.2) is 11.5 Å². The molecule has 0 fully saturated rings. The van der Waals surface area contributed by atoms with Crippen molar-refractivity contribution >= 4 is 11.2 Å². The smallest absolute Gasteiger partial charge is 0.343 e. The lowest BCUT2D eigenvalue weighted by Crippen LogP contribution is -2.19. The van der Waals surface area contributed by atoms with Crippen LogP contribution < -0.4 is 15.0 Å². The molecule has 32 heavy (non-hydrogen) atoms. The molecule has 1 atom stereocenters. The van der Waals surface area contributed by atoms with Crippen molar-refractivity contribution in [3.63, 3.8) is 0 Å². The molecular formula is C22H20N4O5S. The van der Waals surface area contributed by atoms with Crippen LogP contribution in [-0.2, 0) is 17.7 Å². The minimum absolute atomic E-state index is 0.147. The fraction of sp³-hybridized carbons (Fsp3) is 0.182. The molecular weight excluding hydrogens is 432 g/mol. The molecule has 0 saturated heterocycles. The maximum Gasteiger partial charge on any atom is 0.343 e. The van der Waals surface area contributed by atoms with E-state index in [0.717, 1.165) is 5.56 Å². The summed E-state index contributed by atoms with van der Waals surface area (Å²) in [5.74, 6) is 1.48. The van der Waals surface area contributed by atoms with Crippen LogP contribution in [0.1, 0.15) is 5.56 Å². The fourth-order valence-corrected chi connectivity index (χ4v) is 3.60. The van der Waals surface area contributed by atoms with Gasteiger partial charge in [0.2, 0.25) is 5.89 Å². The summed E-state index contributed by atoms with van der Waals surface area (Å²) in [5, 5.41) is 0.147. The van der Waals surface area contributed by atoms with E-state index in [1.165, 1.54) is 24.8 Å². The number of benzene rings is 1. The molecule has 0 aliphatic carbocycles. The predicted molar refractivity (Wildman–Crippen MR) is 118 cm³/mol. The molecule has 0 saturated carbocycles. The number of oxazole rings is 1. The van der Waals surface area contributed by atoms with E-state index in [-0.39, 0.29) is 10.7 Å². The van der Waals surface area contributed by atoms with Crippen molar-refractivity contribution in [2.75, 3.05) is 20.5 Å². The molecule has 4 rings (SSSR count). The zero-order valence-corrected chi connectivity index (χ0v) is 18.5. The van der Waals surface area contributed by atoms with Gasteiger partial charge in [0.05, 0.1) is 32.7 Å². The molecule has 0 radical (unpaired) electrons. The van der Waals surface area contributed by atoms with E-state index in [2.05, 4.69) is 15.0 Å². The topological polar surface area (TPSA) is 115 Å². The van der Waals surface area contributed by atoms with Crippen molar-refractivity contribution in [1.29, 1.82) is 0 Å². The van der Waals surface area contributed by atoms with Crippen LogP contribution in [0.5, 0.6) is 11.5 Å². The third-order valence-electron chi connectivity index (χ3n) is 4.69. The van der Waals surface area contributed by atoms with Crippen molar-refractivity contribution < 1.29 is 18.4 Å². The van der Waals surface area contributed by atoms with Gasteiger partial charge < -0.3 is 23.0 Å². The van der Waals surface area contributed by atoms with Crippen molar-refractivity contribution in [1.82, 2.24) is 19.5 Å². The van der Waals surface area contributed by atoms with Gasteiger partial charge in [-0.25, -0.2) is 4.98 Å². The maximum absolute atomic E-state index is 12.5. The van der Waals surface area contributed by atoms with Crippen LogP contribution in [0.4, 0.5) is 0 Å². The molecule has 3 heterocycles. The van der Waals surface area contributed by atoms with Crippen LogP contribution in [0, 0.1) is 0 Å². The largest absolute Gasteiger partial charge is 0.609 e. The van der Waals surface area contributed by atoms with Crippen LogP contribution in [0.25, 0.3) is 22.8 Å². The van der Waals surface area contributed by atoms with E-state index in [1.807, 2.05) is 12.1 Å². The summed E-state index contributed by atoms with van der Waals surface area (Å²) in [6.45, 7) is 0.317. The van der Waals surface area contributed by atoms with E-state index in [4.69, 9.17) is 13.9 Å². The lowest BCUT2D eigenvalue weighted by Gasteiger charge is -2.12. The second-order valence-electron chi connectivity index (χ2n) is 6.79. The summed E-state index contributed by atoms with van der Waals surface area (Å²) in [7, 11) is 3.13. The van der Waals surface area contributed by atoms with Crippen LogP contribution in [-0.4, -0.2) is 44.5 Å². The summed E-state index contributed by atoms with van der Waals surface area (Å²) in [6.07, 6.45) is 6.13. The quantitative estimate of drug-likeness (QED) is 0.310. The van der Waals surface area contributed by atoms with E-state index in [1.54, 1.807) is 43.2 Å². The first kappa shape index (κ1) is 21.6. The predicted octanol–water partition coefficient (Wildman–Crippen LogP) is 2.76. The first-order valence-corrected chi connectivity index (χ1v) is 11.1. The highest BCUT2D eigenvalue weighted by atomic mass is 32.2. The summed E-state index contributed by atoms with van der Waals surface area (Å²) in [4.78, 5) is 25.3. The summed E-state index contributed by atoms with van der Waals surface area (Å²) < 4.78 is 29.6. The molecule has 1 aromatic carbocycles. The molecule has 1 unspecified atom stereocenters. The SMILES string of the molecule is COc1ccc(Cn2cc(-c3cc(-c4ncco4)nc([S+](C)[O-])n3)ccc2=O)cc1OC. The van der Waals surface area contributed by atoms with Gasteiger partial charge >= 0.3 is 5.16 Å². The molecule has 3 aromatic heterocycles. The van der Waals surface area contributed by atoms with Gasteiger partial charge in [0.25, 0.3) is 5.56 Å². The molecule has 9 nitrogen and oxygen atoms in total. The lowest BCUT2D eigenvalue weighted by atomic mass is 10.1. The normalized spacial score (nSPS) is 11.9. The monoisotopic (exact) mass is 452 g/mol. The van der Waals surface area contributed by atoms with E-state index in [0.29, 0.717) is 40.9 Å². The molecule has 4 aromatic rings. The first-order chi connectivity index (χ1) is 15.5. The standard InChI is InChI=1S/C22H20N4O5S/c1-29-18-6-4-14(10-19(18)30-2)12-26-13-15(5-7-20(26)27)16-11-17(21-23-8-9-31-21)25-22(24-16)32(3)28/h4-11,13H,12H2,1-3H3. The van der Waals surface area contributed by atoms with Crippen LogP contribution in [0.15, 0.2) is 69.4 Å². The Morgan fingerprint density at radius 1 is 1.06 bits per heavy atom. The van der Waals surface area contributed by atoms with Crippen LogP contribution in [0.3, 0.4) is 0 Å². The second-order valence-corrected chi connectivity index (χ2v) is 8.06. The summed E-state index contributed by atoms with van der Waals surface area (Å²) >= 11 is -1.42. The number of rotatable bonds is 7. The van der Waals surface area contributed by atoms with Crippen molar-refractivity contribution in [3.05, 3.63) is 71.0 Å². The van der Waals surface area contributed by atoms with Crippen molar-refractivity contribution in [2.45, 2.75) is 11.7 Å². The third-order valence-corrected chi connectivity index (χ3v) is 5.39. The van der Waals surface area contributed by atoms with Gasteiger partial charge in [0, 0.05) is 29.0 Å². The maximum atomic E-state index is 12.5. The Bertz CT molecular complexity index is 1290. The zero-order chi connectivity index (χ0) is 22.7. The van der Waals surface area contributed by atoms with Gasteiger partial charge in [-0.05, 0) is 29.8 Å². The average molecular weight is 452 g/mol. The van der Waals surface area contributed by atoms with E-state index in [9.17, 15) is 9.35 Å². The number of aromatic nitrogens is 4. The molecule has 0 amide bonds. The molecule has 0 aliphatic heterocycles. The Labute approximate surface area is 186 Å². The van der Waals surface area contributed by atoms with Gasteiger partial charge in [-0.15, -0.1) is 0 Å². The third kappa shape index (κ3) is 4.51. The number of methoxy groups -OCH3 is 2. The van der Waals surface area contributed by atoms with Crippen molar-refractivity contribution in [3.8, 4) is 34.3 Å². The van der Waals surface area contributed by atoms with Gasteiger partial charge in [0.1, 0.15) is 18.2 Å². The number of pyridine rings is 1. The van der Waals surface area contributed by atoms with Gasteiger partial charge in [-0.3, -0.25) is 4.79 Å². The van der Waals surface area contributed by atoms with Crippen LogP contribution >= 0.6 is 0 Å². The molecule has 0 bridgehead atoms. The molecule has 0 aliphatic rings. The zero-order valence-electron chi connectivity index (χ0n) is 17.6. The Balaban J connectivity index is 1.74. The highest BCUT2D eigenvalue weighted by molar-refractivity contribution is 7.90. The Morgan fingerprint density at radius 2 is 1.84 bits per heavy atom. The average Bonchev–Trinajstić information content (AvgIpc) is 3.35. The minimum atomic E-state index is -1.42.